The maximum absolute atomic E-state index is 9.71. The second kappa shape index (κ2) is 12.2. The number of likely N-dealkylation sites (N-methyl/N-ethyl adjacent to an activating group) is 1. The number of anilines is 2. The van der Waals surface area contributed by atoms with Crippen molar-refractivity contribution in [2.75, 3.05) is 43.1 Å². The molecule has 0 radical (unpaired) electrons. The molecule has 0 bridgehead atoms. The topological polar surface area (TPSA) is 88.4 Å². The number of aliphatic hydroxyl groups is 2. The van der Waals surface area contributed by atoms with E-state index < -0.39 is 6.10 Å². The second-order valence-corrected chi connectivity index (χ2v) is 9.73. The normalized spacial score (nSPS) is 12.3. The fourth-order valence-electron chi connectivity index (χ4n) is 4.90. The number of azo groups is 1. The Bertz CT molecular complexity index is 1620. The van der Waals surface area contributed by atoms with Crippen molar-refractivity contribution < 1.29 is 14.8 Å². The van der Waals surface area contributed by atoms with E-state index in [1.165, 1.54) is 5.69 Å². The highest BCUT2D eigenvalue weighted by Crippen LogP contribution is 2.27. The molecule has 1 unspecified atom stereocenters. The molecule has 0 aliphatic heterocycles. The van der Waals surface area contributed by atoms with Gasteiger partial charge in [-0.1, -0.05) is 18.2 Å². The maximum Gasteiger partial charge on any atom is 0.239 e. The molecule has 0 spiro atoms. The Kier molecular flexibility index (Phi) is 8.28. The summed E-state index contributed by atoms with van der Waals surface area (Å²) in [4.78, 5) is 9.20. The summed E-state index contributed by atoms with van der Waals surface area (Å²) in [5, 5.41) is 27.8. The van der Waals surface area contributed by atoms with E-state index in [1.54, 1.807) is 0 Å². The molecule has 40 heavy (non-hydrogen) atoms. The van der Waals surface area contributed by atoms with Gasteiger partial charge in [0, 0.05) is 62.3 Å². The van der Waals surface area contributed by atoms with Crippen molar-refractivity contribution in [3.05, 3.63) is 91.0 Å². The molecular formula is C32H35N6O2+. The molecule has 2 N–H and O–H groups in total. The summed E-state index contributed by atoms with van der Waals surface area (Å²) in [7, 11) is 1.87. The lowest BCUT2D eigenvalue weighted by atomic mass is 10.1. The van der Waals surface area contributed by atoms with Crippen LogP contribution in [0.2, 0.25) is 0 Å². The number of hydrogen-bond donors (Lipinski definition) is 2. The van der Waals surface area contributed by atoms with Crippen molar-refractivity contribution in [1.82, 2.24) is 4.98 Å². The Morgan fingerprint density at radius 2 is 1.38 bits per heavy atom. The van der Waals surface area contributed by atoms with Crippen LogP contribution in [0.15, 0.2) is 101 Å². The smallest absolute Gasteiger partial charge is 0.239 e. The van der Waals surface area contributed by atoms with E-state index in [4.69, 9.17) is 10.1 Å². The van der Waals surface area contributed by atoms with Crippen LogP contribution in [0.4, 0.5) is 22.7 Å². The first kappa shape index (κ1) is 27.2. The average molecular weight is 536 g/mol. The standard InChI is InChI=1S/C32H35N6O2/c1-4-37(5-2)27-16-18-30-32(20-27)38(26-9-7-6-8-10-26)31-19-24(13-17-29(31)33-30)35-34-23-11-14-25(15-12-23)36(3)21-28(40)22-39/h6-20,28,39-40H,4-5,21-22H2,1-3H3/q+1. The minimum Gasteiger partial charge on any atom is -0.394 e. The average Bonchev–Trinajstić information content (AvgIpc) is 3.00. The lowest BCUT2D eigenvalue weighted by molar-refractivity contribution is -0.538. The highest BCUT2D eigenvalue weighted by atomic mass is 16.3. The predicted octanol–water partition coefficient (Wildman–Crippen LogP) is 5.72. The number of aromatic nitrogens is 2. The van der Waals surface area contributed by atoms with Crippen LogP contribution in [0.5, 0.6) is 0 Å². The fourth-order valence-corrected chi connectivity index (χ4v) is 4.90. The van der Waals surface area contributed by atoms with Gasteiger partial charge in [0.15, 0.2) is 0 Å². The quantitative estimate of drug-likeness (QED) is 0.136. The van der Waals surface area contributed by atoms with Crippen LogP contribution in [0.3, 0.4) is 0 Å². The van der Waals surface area contributed by atoms with Crippen LogP contribution >= 0.6 is 0 Å². The van der Waals surface area contributed by atoms with E-state index in [0.717, 1.165) is 57.9 Å². The minimum atomic E-state index is -0.786. The van der Waals surface area contributed by atoms with Crippen LogP contribution < -0.4 is 14.4 Å². The fraction of sp³-hybridized carbons (Fsp3) is 0.250. The first-order valence-corrected chi connectivity index (χ1v) is 13.6. The Labute approximate surface area is 234 Å². The lowest BCUT2D eigenvalue weighted by Crippen LogP contribution is -2.33. The van der Waals surface area contributed by atoms with Gasteiger partial charge in [0.05, 0.1) is 24.1 Å². The molecule has 1 atom stereocenters. The molecule has 5 rings (SSSR count). The van der Waals surface area contributed by atoms with E-state index in [9.17, 15) is 5.11 Å². The number of nitrogens with zero attached hydrogens (tertiary/aromatic N) is 6. The molecule has 8 heteroatoms. The van der Waals surface area contributed by atoms with Gasteiger partial charge in [-0.3, -0.25) is 0 Å². The van der Waals surface area contributed by atoms with E-state index in [1.807, 2.05) is 72.6 Å². The Hall–Kier alpha value is -4.40. The zero-order valence-corrected chi connectivity index (χ0v) is 23.1. The Morgan fingerprint density at radius 3 is 2.05 bits per heavy atom. The van der Waals surface area contributed by atoms with Gasteiger partial charge in [0.2, 0.25) is 16.7 Å². The van der Waals surface area contributed by atoms with Gasteiger partial charge in [0.25, 0.3) is 0 Å². The Morgan fingerprint density at radius 1 is 0.775 bits per heavy atom. The van der Waals surface area contributed by atoms with Crippen molar-refractivity contribution in [2.24, 2.45) is 10.2 Å². The third kappa shape index (κ3) is 5.78. The van der Waals surface area contributed by atoms with Crippen LogP contribution in [-0.2, 0) is 0 Å². The second-order valence-electron chi connectivity index (χ2n) is 9.73. The van der Waals surface area contributed by atoms with E-state index >= 15 is 0 Å². The SMILES string of the molecule is CCN(CC)c1ccc2nc3ccc(N=Nc4ccc(N(C)CC(O)CO)cc4)cc3[n+](-c3ccccc3)c2c1. The number of aliphatic hydroxyl groups excluding tert-OH is 2. The predicted molar refractivity (Wildman–Crippen MR) is 161 cm³/mol. The number of rotatable bonds is 10. The number of para-hydroxylation sites is 1. The van der Waals surface area contributed by atoms with Crippen molar-refractivity contribution in [1.29, 1.82) is 0 Å². The van der Waals surface area contributed by atoms with Crippen molar-refractivity contribution >= 4 is 44.8 Å². The highest BCUT2D eigenvalue weighted by molar-refractivity contribution is 5.85. The molecular weight excluding hydrogens is 500 g/mol. The van der Waals surface area contributed by atoms with Gasteiger partial charge in [-0.25, -0.2) is 4.98 Å². The molecule has 0 amide bonds. The van der Waals surface area contributed by atoms with Crippen LogP contribution in [0.1, 0.15) is 13.8 Å². The molecule has 1 aromatic heterocycles. The van der Waals surface area contributed by atoms with Gasteiger partial charge in [-0.05, 0) is 62.4 Å². The number of hydrogen-bond acceptors (Lipinski definition) is 7. The molecule has 5 aromatic rings. The van der Waals surface area contributed by atoms with E-state index in [0.29, 0.717) is 6.54 Å². The van der Waals surface area contributed by atoms with Gasteiger partial charge >= 0.3 is 0 Å². The summed E-state index contributed by atoms with van der Waals surface area (Å²) in [5.41, 5.74) is 8.37. The molecule has 0 aliphatic rings. The third-order valence-corrected chi connectivity index (χ3v) is 7.05. The summed E-state index contributed by atoms with van der Waals surface area (Å²) >= 11 is 0. The summed E-state index contributed by atoms with van der Waals surface area (Å²) < 4.78 is 2.25. The lowest BCUT2D eigenvalue weighted by Gasteiger charge is -2.21. The van der Waals surface area contributed by atoms with Gasteiger partial charge < -0.3 is 20.0 Å². The minimum absolute atomic E-state index is 0.269. The number of benzene rings is 4. The molecule has 8 nitrogen and oxygen atoms in total. The van der Waals surface area contributed by atoms with Crippen molar-refractivity contribution in [3.63, 3.8) is 0 Å². The third-order valence-electron chi connectivity index (χ3n) is 7.05. The zero-order valence-electron chi connectivity index (χ0n) is 23.1. The monoisotopic (exact) mass is 535 g/mol. The summed E-state index contributed by atoms with van der Waals surface area (Å²) in [6.07, 6.45) is -0.786. The van der Waals surface area contributed by atoms with Crippen LogP contribution in [0.25, 0.3) is 27.8 Å². The van der Waals surface area contributed by atoms with Crippen molar-refractivity contribution in [2.45, 2.75) is 20.0 Å². The molecule has 0 fully saturated rings. The van der Waals surface area contributed by atoms with Crippen molar-refractivity contribution in [3.8, 4) is 5.69 Å². The molecule has 0 saturated heterocycles. The summed E-state index contributed by atoms with van der Waals surface area (Å²) in [6.45, 7) is 6.27. The summed E-state index contributed by atoms with van der Waals surface area (Å²) in [6, 6.07) is 30.4. The van der Waals surface area contributed by atoms with E-state index in [2.05, 4.69) is 63.9 Å². The molecule has 0 aliphatic carbocycles. The van der Waals surface area contributed by atoms with E-state index in [-0.39, 0.29) is 6.61 Å². The molecule has 0 saturated carbocycles. The van der Waals surface area contributed by atoms with Crippen LogP contribution in [-0.4, -0.2) is 54.6 Å². The van der Waals surface area contributed by atoms with Gasteiger partial charge in [-0.2, -0.15) is 10.2 Å². The largest absolute Gasteiger partial charge is 0.394 e. The van der Waals surface area contributed by atoms with Crippen LogP contribution in [0, 0.1) is 0 Å². The molecule has 4 aromatic carbocycles. The zero-order chi connectivity index (χ0) is 28.1. The number of fused-ring (bicyclic) bond motifs is 2. The van der Waals surface area contributed by atoms with Gasteiger partial charge in [-0.15, -0.1) is 4.57 Å². The van der Waals surface area contributed by atoms with Gasteiger partial charge in [0.1, 0.15) is 11.0 Å². The maximum atomic E-state index is 9.71. The molecule has 1 heterocycles. The summed E-state index contributed by atoms with van der Waals surface area (Å²) in [5.74, 6) is 0. The highest BCUT2D eigenvalue weighted by Gasteiger charge is 2.21. The first-order chi connectivity index (χ1) is 19.5. The Balaban J connectivity index is 1.54. The molecule has 204 valence electrons. The first-order valence-electron chi connectivity index (χ1n) is 13.6.